The Balaban J connectivity index is 1.72. The summed E-state index contributed by atoms with van der Waals surface area (Å²) in [5.41, 5.74) is 1.68. The molecular weight excluding hydrogens is 356 g/mol. The zero-order valence-electron chi connectivity index (χ0n) is 14.4. The van der Waals surface area contributed by atoms with E-state index < -0.39 is 36.7 Å². The molecule has 1 saturated heterocycles. The second kappa shape index (κ2) is 7.69. The Hall–Kier alpha value is -3.03. The van der Waals surface area contributed by atoms with Crippen LogP contribution in [0.25, 0.3) is 0 Å². The summed E-state index contributed by atoms with van der Waals surface area (Å²) in [7, 11) is 0. The summed E-state index contributed by atoms with van der Waals surface area (Å²) in [6.45, 7) is -0.558. The fraction of sp³-hybridized carbons (Fsp3) is 0.316. The van der Waals surface area contributed by atoms with Gasteiger partial charge in [0, 0.05) is 30.4 Å². The summed E-state index contributed by atoms with van der Waals surface area (Å²) in [5.74, 6) is -6.42. The van der Waals surface area contributed by atoms with Crippen molar-refractivity contribution in [3.05, 3.63) is 59.9 Å². The van der Waals surface area contributed by atoms with Crippen molar-refractivity contribution >= 4 is 17.6 Å². The first kappa shape index (κ1) is 18.8. The number of piperidine rings is 1. The number of pyridine rings is 1. The highest BCUT2D eigenvalue weighted by atomic mass is 19.3. The molecule has 1 aliphatic rings. The van der Waals surface area contributed by atoms with E-state index in [1.807, 2.05) is 18.2 Å². The number of carboxylic acid groups (broad SMARTS) is 1. The van der Waals surface area contributed by atoms with Crippen molar-refractivity contribution < 1.29 is 23.5 Å². The van der Waals surface area contributed by atoms with Crippen LogP contribution in [0.2, 0.25) is 0 Å². The smallest absolute Gasteiger partial charge is 0.308 e. The molecule has 0 saturated carbocycles. The summed E-state index contributed by atoms with van der Waals surface area (Å²) in [6, 6.07) is 12.0. The van der Waals surface area contributed by atoms with Gasteiger partial charge in [-0.25, -0.2) is 8.78 Å². The van der Waals surface area contributed by atoms with Crippen LogP contribution in [0.5, 0.6) is 0 Å². The zero-order chi connectivity index (χ0) is 19.4. The lowest BCUT2D eigenvalue weighted by molar-refractivity contribution is -0.151. The summed E-state index contributed by atoms with van der Waals surface area (Å²) in [6.07, 6.45) is 0.921. The van der Waals surface area contributed by atoms with Crippen LogP contribution < -0.4 is 5.32 Å². The summed E-state index contributed by atoms with van der Waals surface area (Å²) in [4.78, 5) is 28.9. The molecule has 2 N–H and O–H groups in total. The average molecular weight is 375 g/mol. The molecule has 0 spiro atoms. The number of carbonyl (C=O) groups is 2. The minimum absolute atomic E-state index is 0.225. The van der Waals surface area contributed by atoms with Gasteiger partial charge in [-0.1, -0.05) is 12.1 Å². The van der Waals surface area contributed by atoms with Crippen LogP contribution in [0.1, 0.15) is 22.5 Å². The van der Waals surface area contributed by atoms with Gasteiger partial charge in [-0.05, 0) is 30.3 Å². The third-order valence-corrected chi connectivity index (χ3v) is 4.35. The highest BCUT2D eigenvalue weighted by Crippen LogP contribution is 2.31. The number of carboxylic acids is 1. The molecule has 2 heterocycles. The van der Waals surface area contributed by atoms with Gasteiger partial charge in [-0.3, -0.25) is 14.6 Å². The first-order valence-electron chi connectivity index (χ1n) is 8.48. The minimum Gasteiger partial charge on any atom is -0.481 e. The number of carbonyl (C=O) groups excluding carboxylic acids is 1. The third kappa shape index (κ3) is 4.78. The number of aromatic nitrogens is 1. The lowest BCUT2D eigenvalue weighted by Crippen LogP contribution is -2.51. The molecule has 142 valence electrons. The lowest BCUT2D eigenvalue weighted by atomic mass is 9.94. The number of likely N-dealkylation sites (tertiary alicyclic amines) is 1. The largest absolute Gasteiger partial charge is 0.481 e. The number of rotatable bonds is 5. The molecule has 0 aliphatic carbocycles. The molecule has 1 aliphatic heterocycles. The minimum atomic E-state index is -3.22. The van der Waals surface area contributed by atoms with Gasteiger partial charge in [0.05, 0.1) is 24.7 Å². The monoisotopic (exact) mass is 375 g/mol. The Morgan fingerprint density at radius 2 is 2.07 bits per heavy atom. The van der Waals surface area contributed by atoms with E-state index in [1.54, 1.807) is 24.4 Å². The van der Waals surface area contributed by atoms with Gasteiger partial charge in [0.15, 0.2) is 0 Å². The number of halogens is 2. The molecule has 1 fully saturated rings. The fourth-order valence-corrected chi connectivity index (χ4v) is 3.06. The predicted octanol–water partition coefficient (Wildman–Crippen LogP) is 2.88. The maximum atomic E-state index is 13.9. The molecule has 0 bridgehead atoms. The van der Waals surface area contributed by atoms with Crippen molar-refractivity contribution in [1.82, 2.24) is 9.88 Å². The van der Waals surface area contributed by atoms with Gasteiger partial charge in [0.25, 0.3) is 11.8 Å². The Labute approximate surface area is 154 Å². The fourth-order valence-electron chi connectivity index (χ4n) is 3.06. The van der Waals surface area contributed by atoms with E-state index in [0.717, 1.165) is 10.6 Å². The van der Waals surface area contributed by atoms with Gasteiger partial charge in [-0.2, -0.15) is 0 Å². The van der Waals surface area contributed by atoms with Crippen molar-refractivity contribution in [2.75, 3.05) is 18.4 Å². The van der Waals surface area contributed by atoms with Crippen LogP contribution in [0.15, 0.2) is 48.7 Å². The standard InChI is InChI=1S/C19H19F2N3O3/c20-19(21)9-14(18(26)27)11-24(12-19)17(25)13-4-3-6-15(8-13)23-10-16-5-1-2-7-22-16/h1-8,14,23H,9-12H2,(H,26,27). The van der Waals surface area contributed by atoms with Gasteiger partial charge in [0.1, 0.15) is 0 Å². The van der Waals surface area contributed by atoms with E-state index >= 15 is 0 Å². The van der Waals surface area contributed by atoms with Crippen molar-refractivity contribution in [2.24, 2.45) is 5.92 Å². The third-order valence-electron chi connectivity index (χ3n) is 4.35. The quantitative estimate of drug-likeness (QED) is 0.840. The second-order valence-corrected chi connectivity index (χ2v) is 6.54. The van der Waals surface area contributed by atoms with Crippen LogP contribution in [0.4, 0.5) is 14.5 Å². The van der Waals surface area contributed by atoms with Crippen molar-refractivity contribution in [2.45, 2.75) is 18.9 Å². The predicted molar refractivity (Wildman–Crippen MR) is 94.6 cm³/mol. The molecule has 1 amide bonds. The van der Waals surface area contributed by atoms with Crippen molar-refractivity contribution in [1.29, 1.82) is 0 Å². The lowest BCUT2D eigenvalue weighted by Gasteiger charge is -2.36. The molecule has 0 radical (unpaired) electrons. The number of aliphatic carboxylic acids is 1. The maximum absolute atomic E-state index is 13.9. The number of nitrogens with zero attached hydrogens (tertiary/aromatic N) is 2. The van der Waals surface area contributed by atoms with E-state index in [0.29, 0.717) is 12.2 Å². The summed E-state index contributed by atoms with van der Waals surface area (Å²) in [5, 5.41) is 12.2. The summed E-state index contributed by atoms with van der Waals surface area (Å²) >= 11 is 0. The Bertz CT molecular complexity index is 830. The average Bonchev–Trinajstić information content (AvgIpc) is 2.65. The van der Waals surface area contributed by atoms with Gasteiger partial charge in [0.2, 0.25) is 0 Å². The molecule has 1 aromatic heterocycles. The number of nitrogens with one attached hydrogen (secondary N) is 1. The molecule has 1 atom stereocenters. The topological polar surface area (TPSA) is 82.5 Å². The van der Waals surface area contributed by atoms with Crippen LogP contribution >= 0.6 is 0 Å². The summed E-state index contributed by atoms with van der Waals surface area (Å²) < 4.78 is 27.7. The molecular formula is C19H19F2N3O3. The molecule has 2 aromatic rings. The van der Waals surface area contributed by atoms with E-state index in [9.17, 15) is 18.4 Å². The van der Waals surface area contributed by atoms with Crippen LogP contribution in [0, 0.1) is 5.92 Å². The van der Waals surface area contributed by atoms with Crippen LogP contribution in [0.3, 0.4) is 0 Å². The van der Waals surface area contributed by atoms with E-state index in [1.165, 1.54) is 6.07 Å². The molecule has 3 rings (SSSR count). The highest BCUT2D eigenvalue weighted by Gasteiger charge is 2.44. The maximum Gasteiger partial charge on any atom is 0.308 e. The number of hydrogen-bond donors (Lipinski definition) is 2. The number of benzene rings is 1. The Morgan fingerprint density at radius 3 is 2.78 bits per heavy atom. The number of hydrogen-bond acceptors (Lipinski definition) is 4. The van der Waals surface area contributed by atoms with Gasteiger partial charge in [-0.15, -0.1) is 0 Å². The van der Waals surface area contributed by atoms with E-state index in [-0.39, 0.29) is 12.1 Å². The molecule has 27 heavy (non-hydrogen) atoms. The van der Waals surface area contributed by atoms with Crippen LogP contribution in [-0.2, 0) is 11.3 Å². The van der Waals surface area contributed by atoms with Gasteiger partial charge < -0.3 is 15.3 Å². The molecule has 6 nitrogen and oxygen atoms in total. The molecule has 8 heteroatoms. The Kier molecular flexibility index (Phi) is 5.34. The van der Waals surface area contributed by atoms with Gasteiger partial charge >= 0.3 is 5.97 Å². The second-order valence-electron chi connectivity index (χ2n) is 6.54. The number of anilines is 1. The van der Waals surface area contributed by atoms with Crippen LogP contribution in [-0.4, -0.2) is 45.9 Å². The number of amides is 1. The number of alkyl halides is 2. The Morgan fingerprint density at radius 1 is 1.26 bits per heavy atom. The normalized spacial score (nSPS) is 18.7. The van der Waals surface area contributed by atoms with E-state index in [4.69, 9.17) is 5.11 Å². The SMILES string of the molecule is O=C(O)C1CN(C(=O)c2cccc(NCc3ccccn3)c2)CC(F)(F)C1. The van der Waals surface area contributed by atoms with E-state index in [2.05, 4.69) is 10.3 Å². The highest BCUT2D eigenvalue weighted by molar-refractivity contribution is 5.95. The molecule has 1 unspecified atom stereocenters. The van der Waals surface area contributed by atoms with Crippen molar-refractivity contribution in [3.8, 4) is 0 Å². The first-order valence-corrected chi connectivity index (χ1v) is 8.48. The van der Waals surface area contributed by atoms with Crippen molar-refractivity contribution in [3.63, 3.8) is 0 Å². The zero-order valence-corrected chi connectivity index (χ0v) is 14.4. The first-order chi connectivity index (χ1) is 12.8. The molecule has 1 aromatic carbocycles.